The first-order valence-electron chi connectivity index (χ1n) is 9.61. The Kier molecular flexibility index (Phi) is 5.29. The summed E-state index contributed by atoms with van der Waals surface area (Å²) >= 11 is 0. The largest absolute Gasteiger partial charge is 0.497 e. The third-order valence-electron chi connectivity index (χ3n) is 5.42. The van der Waals surface area contributed by atoms with Crippen molar-refractivity contribution in [2.45, 2.75) is 12.3 Å². The fraction of sp³-hybridized carbons (Fsp3) is 0.217. The number of carbonyl (C=O) groups is 2. The number of hydrogen-bond donors (Lipinski definition) is 2. The van der Waals surface area contributed by atoms with Crippen LogP contribution in [0.2, 0.25) is 0 Å². The molecule has 1 aliphatic heterocycles. The van der Waals surface area contributed by atoms with E-state index < -0.39 is 11.9 Å². The topological polar surface area (TPSA) is 99.0 Å². The van der Waals surface area contributed by atoms with Gasteiger partial charge in [0, 0.05) is 35.9 Å². The van der Waals surface area contributed by atoms with Crippen LogP contribution in [0.3, 0.4) is 0 Å². The molecule has 0 spiro atoms. The number of aromatic carboxylic acids is 1. The van der Waals surface area contributed by atoms with Gasteiger partial charge in [0.1, 0.15) is 22.8 Å². The Morgan fingerprint density at radius 1 is 1.03 bits per heavy atom. The minimum Gasteiger partial charge on any atom is -0.497 e. The molecule has 0 aliphatic carbocycles. The molecule has 1 aromatic heterocycles. The zero-order valence-corrected chi connectivity index (χ0v) is 17.3. The van der Waals surface area contributed by atoms with Crippen LogP contribution in [-0.2, 0) is 4.79 Å². The molecule has 3 aromatic rings. The first kappa shape index (κ1) is 20.3. The van der Waals surface area contributed by atoms with Gasteiger partial charge >= 0.3 is 5.97 Å². The summed E-state index contributed by atoms with van der Waals surface area (Å²) in [4.78, 5) is 24.5. The number of rotatable bonds is 6. The van der Waals surface area contributed by atoms with Gasteiger partial charge in [0.2, 0.25) is 5.91 Å². The molecule has 0 saturated heterocycles. The summed E-state index contributed by atoms with van der Waals surface area (Å²) in [6.07, 6.45) is 1.68. The van der Waals surface area contributed by atoms with Gasteiger partial charge in [-0.15, -0.1) is 0 Å². The number of nitrogens with zero attached hydrogens (tertiary/aromatic N) is 1. The molecule has 1 aliphatic rings. The normalized spacial score (nSPS) is 15.1. The maximum absolute atomic E-state index is 12.5. The molecule has 2 N–H and O–H groups in total. The second kappa shape index (κ2) is 8.06. The number of carbonyl (C=O) groups excluding carboxylic acids is 1. The number of benzene rings is 2. The van der Waals surface area contributed by atoms with Crippen molar-refractivity contribution >= 4 is 17.6 Å². The summed E-state index contributed by atoms with van der Waals surface area (Å²) in [5.74, 6) is 0.0726. The summed E-state index contributed by atoms with van der Waals surface area (Å²) in [7, 11) is 4.69. The monoisotopic (exact) mass is 422 g/mol. The number of amides is 1. The van der Waals surface area contributed by atoms with E-state index in [1.807, 2.05) is 18.2 Å². The lowest BCUT2D eigenvalue weighted by atomic mass is 9.87. The van der Waals surface area contributed by atoms with Gasteiger partial charge in [-0.1, -0.05) is 6.07 Å². The number of aromatic nitrogens is 1. The van der Waals surface area contributed by atoms with Crippen LogP contribution in [-0.4, -0.2) is 42.9 Å². The molecule has 1 amide bonds. The molecule has 0 bridgehead atoms. The molecule has 2 aromatic carbocycles. The van der Waals surface area contributed by atoms with E-state index in [1.54, 1.807) is 50.2 Å². The van der Waals surface area contributed by atoms with Crippen molar-refractivity contribution in [3.63, 3.8) is 0 Å². The van der Waals surface area contributed by atoms with Crippen LogP contribution in [0.4, 0.5) is 5.69 Å². The first-order valence-corrected chi connectivity index (χ1v) is 9.61. The third kappa shape index (κ3) is 3.56. The van der Waals surface area contributed by atoms with E-state index in [-0.39, 0.29) is 17.9 Å². The van der Waals surface area contributed by atoms with Gasteiger partial charge in [0.05, 0.1) is 32.7 Å². The standard InChI is InChI=1S/C23H22N2O6/c1-29-14-6-4-13(5-7-14)25-12-18(23(27)28)21-22(25)17(11-20(26)24-21)16-9-8-15(30-2)10-19(16)31-3/h4-10,12,17H,11H2,1-3H3,(H,24,26)(H,27,28)/t17-/m0/s1. The summed E-state index contributed by atoms with van der Waals surface area (Å²) < 4.78 is 17.9. The van der Waals surface area contributed by atoms with Gasteiger partial charge < -0.3 is 29.2 Å². The minimum atomic E-state index is -1.12. The predicted molar refractivity (Wildman–Crippen MR) is 114 cm³/mol. The van der Waals surface area contributed by atoms with E-state index in [1.165, 1.54) is 6.20 Å². The molecule has 0 saturated carbocycles. The molecule has 2 heterocycles. The fourth-order valence-electron chi connectivity index (χ4n) is 3.95. The van der Waals surface area contributed by atoms with Gasteiger partial charge in [-0.2, -0.15) is 0 Å². The van der Waals surface area contributed by atoms with Crippen LogP contribution in [0.25, 0.3) is 5.69 Å². The van der Waals surface area contributed by atoms with Crippen LogP contribution in [0.5, 0.6) is 17.2 Å². The van der Waals surface area contributed by atoms with E-state index in [2.05, 4.69) is 5.32 Å². The van der Waals surface area contributed by atoms with Gasteiger partial charge in [0.15, 0.2) is 0 Å². The Morgan fingerprint density at radius 2 is 1.71 bits per heavy atom. The Morgan fingerprint density at radius 3 is 2.32 bits per heavy atom. The molecule has 1 atom stereocenters. The van der Waals surface area contributed by atoms with Gasteiger partial charge in [-0.3, -0.25) is 4.79 Å². The second-order valence-corrected chi connectivity index (χ2v) is 7.09. The number of anilines is 1. The van der Waals surface area contributed by atoms with Crippen molar-refractivity contribution in [2.24, 2.45) is 0 Å². The highest BCUT2D eigenvalue weighted by atomic mass is 16.5. The molecule has 4 rings (SSSR count). The molecular weight excluding hydrogens is 400 g/mol. The fourth-order valence-corrected chi connectivity index (χ4v) is 3.95. The van der Waals surface area contributed by atoms with Crippen LogP contribution in [0, 0.1) is 0 Å². The molecule has 8 nitrogen and oxygen atoms in total. The highest BCUT2D eigenvalue weighted by Crippen LogP contribution is 2.45. The average molecular weight is 422 g/mol. The van der Waals surface area contributed by atoms with Crippen LogP contribution >= 0.6 is 0 Å². The smallest absolute Gasteiger partial charge is 0.339 e. The predicted octanol–water partition coefficient (Wildman–Crippen LogP) is 3.68. The maximum atomic E-state index is 12.5. The summed E-state index contributed by atoms with van der Waals surface area (Å²) in [5, 5.41) is 12.5. The van der Waals surface area contributed by atoms with E-state index in [0.717, 1.165) is 11.3 Å². The van der Waals surface area contributed by atoms with E-state index >= 15 is 0 Å². The lowest BCUT2D eigenvalue weighted by Gasteiger charge is -2.27. The Labute approximate surface area is 179 Å². The third-order valence-corrected chi connectivity index (χ3v) is 5.42. The lowest BCUT2D eigenvalue weighted by molar-refractivity contribution is -0.116. The number of fused-ring (bicyclic) bond motifs is 1. The molecule has 0 fully saturated rings. The second-order valence-electron chi connectivity index (χ2n) is 7.09. The van der Waals surface area contributed by atoms with Crippen LogP contribution in [0.1, 0.15) is 34.0 Å². The summed E-state index contributed by atoms with van der Waals surface area (Å²) in [5.41, 5.74) is 2.51. The van der Waals surface area contributed by atoms with Crippen LogP contribution in [0.15, 0.2) is 48.7 Å². The van der Waals surface area contributed by atoms with Crippen molar-refractivity contribution in [3.05, 3.63) is 65.5 Å². The van der Waals surface area contributed by atoms with E-state index in [0.29, 0.717) is 28.6 Å². The Balaban J connectivity index is 1.94. The highest BCUT2D eigenvalue weighted by Gasteiger charge is 2.35. The van der Waals surface area contributed by atoms with Crippen molar-refractivity contribution in [3.8, 4) is 22.9 Å². The number of ether oxygens (including phenoxy) is 3. The maximum Gasteiger partial charge on any atom is 0.339 e. The molecular formula is C23H22N2O6. The van der Waals surface area contributed by atoms with Gasteiger partial charge in [0.25, 0.3) is 0 Å². The van der Waals surface area contributed by atoms with E-state index in [4.69, 9.17) is 14.2 Å². The zero-order chi connectivity index (χ0) is 22.1. The number of methoxy groups -OCH3 is 3. The minimum absolute atomic E-state index is 0.0244. The first-order chi connectivity index (χ1) is 15.0. The van der Waals surface area contributed by atoms with Crippen molar-refractivity contribution < 1.29 is 28.9 Å². The number of carboxylic acid groups (broad SMARTS) is 1. The van der Waals surface area contributed by atoms with Crippen LogP contribution < -0.4 is 19.5 Å². The zero-order valence-electron chi connectivity index (χ0n) is 17.3. The molecule has 0 unspecified atom stereocenters. The van der Waals surface area contributed by atoms with Crippen molar-refractivity contribution in [1.29, 1.82) is 0 Å². The highest BCUT2D eigenvalue weighted by molar-refractivity contribution is 6.04. The van der Waals surface area contributed by atoms with Gasteiger partial charge in [-0.25, -0.2) is 4.79 Å². The molecule has 8 heteroatoms. The molecule has 31 heavy (non-hydrogen) atoms. The Bertz CT molecular complexity index is 1150. The Hall–Kier alpha value is -3.94. The molecule has 160 valence electrons. The number of nitrogens with one attached hydrogen (secondary N) is 1. The summed E-state index contributed by atoms with van der Waals surface area (Å²) in [6.45, 7) is 0. The lowest BCUT2D eigenvalue weighted by Crippen LogP contribution is -2.25. The molecule has 0 radical (unpaired) electrons. The quantitative estimate of drug-likeness (QED) is 0.629. The SMILES string of the molecule is COc1ccc(-n2cc(C(=O)O)c3c2[C@H](c2ccc(OC)cc2OC)CC(=O)N3)cc1. The number of carboxylic acids is 1. The van der Waals surface area contributed by atoms with E-state index in [9.17, 15) is 14.7 Å². The average Bonchev–Trinajstić information content (AvgIpc) is 3.17. The van der Waals surface area contributed by atoms with Crippen molar-refractivity contribution in [2.75, 3.05) is 26.6 Å². The van der Waals surface area contributed by atoms with Crippen molar-refractivity contribution in [1.82, 2.24) is 4.57 Å². The number of hydrogen-bond acceptors (Lipinski definition) is 5. The summed E-state index contributed by atoms with van der Waals surface area (Å²) in [6, 6.07) is 12.7. The van der Waals surface area contributed by atoms with Gasteiger partial charge in [-0.05, 0) is 30.3 Å².